The van der Waals surface area contributed by atoms with Gasteiger partial charge in [0.05, 0.1) is 39.8 Å². The maximum Gasteiger partial charge on any atom is 0.426 e. The Hall–Kier alpha value is -4.44. The molecule has 0 N–H and O–H groups in total. The lowest BCUT2D eigenvalue weighted by atomic mass is 10.2. The van der Waals surface area contributed by atoms with Gasteiger partial charge in [-0.05, 0) is 54.7 Å². The van der Waals surface area contributed by atoms with Crippen LogP contribution in [-0.2, 0) is 19.5 Å². The van der Waals surface area contributed by atoms with Crippen LogP contribution in [0.5, 0.6) is 0 Å². The Morgan fingerprint density at radius 2 is 1.76 bits per heavy atom. The number of hydrogen-bond donors (Lipinski definition) is 0. The third kappa shape index (κ3) is 5.54. The van der Waals surface area contributed by atoms with E-state index < -0.39 is 39.2 Å². The number of carbonyl (C=O) groups excluding carboxylic acids is 2. The first-order valence-electron chi connectivity index (χ1n) is 12.7. The number of carbonyl (C=O) groups is 2. The van der Waals surface area contributed by atoms with Crippen molar-refractivity contribution in [1.82, 2.24) is 4.31 Å². The Morgan fingerprint density at radius 3 is 2.36 bits per heavy atom. The molecule has 2 fully saturated rings. The van der Waals surface area contributed by atoms with Crippen molar-refractivity contribution in [3.63, 3.8) is 0 Å². The van der Waals surface area contributed by atoms with Gasteiger partial charge in [0.2, 0.25) is 6.23 Å². The minimum Gasteiger partial charge on any atom is -0.452 e. The lowest BCUT2D eigenvalue weighted by Gasteiger charge is -2.36. The number of thiophene rings is 1. The molecule has 16 heteroatoms. The Bertz CT molecular complexity index is 1620. The first-order chi connectivity index (χ1) is 20.0. The number of methoxy groups -OCH3 is 1. The zero-order valence-electron chi connectivity index (χ0n) is 22.5. The second kappa shape index (κ2) is 11.4. The quantitative estimate of drug-likeness (QED) is 0.279. The number of aryl methyl sites for hydroxylation is 1. The first kappa shape index (κ1) is 29.1. The Kier molecular flexibility index (Phi) is 7.92. The maximum absolute atomic E-state index is 15.3. The standard InChI is InChI=1S/C26H26FN5O8S2/c1-17-3-6-19(7-4-17)42(37,38)31(26(34)39-2)22-16-30(25(33)40-22)18-5-8-21(20(27)15-18)28-11-13-29(14-12-28)23-9-10-24(41-23)32(35)36/h3-10,15,22H,11-14,16H2,1-2H3/t22-/m1/s1. The monoisotopic (exact) mass is 619 g/mol. The molecule has 2 amide bonds. The molecular formula is C26H26FN5O8S2. The van der Waals surface area contributed by atoms with Crippen LogP contribution >= 0.6 is 11.3 Å². The molecule has 1 atom stereocenters. The number of piperazine rings is 1. The number of nitro groups is 1. The summed E-state index contributed by atoms with van der Waals surface area (Å²) in [5.74, 6) is -0.610. The molecule has 0 unspecified atom stereocenters. The van der Waals surface area contributed by atoms with Gasteiger partial charge in [-0.1, -0.05) is 17.7 Å². The van der Waals surface area contributed by atoms with Crippen molar-refractivity contribution in [2.45, 2.75) is 18.0 Å². The molecule has 0 aliphatic carbocycles. The number of cyclic esters (lactones) is 1. The number of ether oxygens (including phenoxy) is 2. The molecule has 0 saturated carbocycles. The van der Waals surface area contributed by atoms with Gasteiger partial charge in [-0.3, -0.25) is 15.0 Å². The predicted octanol–water partition coefficient (Wildman–Crippen LogP) is 4.17. The van der Waals surface area contributed by atoms with E-state index in [1.807, 2.05) is 9.80 Å². The molecule has 2 saturated heterocycles. The highest BCUT2D eigenvalue weighted by Crippen LogP contribution is 2.34. The van der Waals surface area contributed by atoms with Crippen LogP contribution in [0.15, 0.2) is 59.5 Å². The van der Waals surface area contributed by atoms with E-state index in [-0.39, 0.29) is 22.1 Å². The van der Waals surface area contributed by atoms with E-state index in [0.717, 1.165) is 40.0 Å². The lowest BCUT2D eigenvalue weighted by molar-refractivity contribution is -0.380. The average Bonchev–Trinajstić information content (AvgIpc) is 3.61. The molecule has 13 nitrogen and oxygen atoms in total. The van der Waals surface area contributed by atoms with Gasteiger partial charge in [-0.15, -0.1) is 0 Å². The molecule has 2 aliphatic heterocycles. The molecule has 0 radical (unpaired) electrons. The molecule has 5 rings (SSSR count). The Balaban J connectivity index is 1.30. The number of benzene rings is 2. The van der Waals surface area contributed by atoms with Crippen molar-refractivity contribution in [2.24, 2.45) is 0 Å². The van der Waals surface area contributed by atoms with E-state index >= 15 is 4.39 Å². The van der Waals surface area contributed by atoms with Crippen LogP contribution < -0.4 is 14.7 Å². The Labute approximate surface area is 244 Å². The molecule has 3 aromatic rings. The van der Waals surface area contributed by atoms with Crippen LogP contribution in [0.2, 0.25) is 0 Å². The molecule has 222 valence electrons. The zero-order chi connectivity index (χ0) is 30.2. The molecule has 42 heavy (non-hydrogen) atoms. The minimum absolute atomic E-state index is 0.0548. The topological polar surface area (TPSA) is 143 Å². The normalized spacial score (nSPS) is 17.3. The molecule has 0 bridgehead atoms. The molecule has 3 heterocycles. The van der Waals surface area contributed by atoms with Crippen molar-refractivity contribution in [3.05, 3.63) is 76.1 Å². The van der Waals surface area contributed by atoms with Crippen LogP contribution in [-0.4, -0.2) is 75.9 Å². The van der Waals surface area contributed by atoms with Gasteiger partial charge in [0.15, 0.2) is 0 Å². The van der Waals surface area contributed by atoms with Gasteiger partial charge in [0.25, 0.3) is 10.0 Å². The number of halogens is 1. The van der Waals surface area contributed by atoms with E-state index in [0.29, 0.717) is 36.2 Å². The van der Waals surface area contributed by atoms with Gasteiger partial charge in [-0.2, -0.15) is 4.31 Å². The van der Waals surface area contributed by atoms with Gasteiger partial charge >= 0.3 is 17.2 Å². The molecule has 2 aromatic carbocycles. The van der Waals surface area contributed by atoms with Crippen molar-refractivity contribution >= 4 is 54.9 Å². The van der Waals surface area contributed by atoms with Crippen molar-refractivity contribution in [3.8, 4) is 0 Å². The number of anilines is 3. The van der Waals surface area contributed by atoms with Crippen molar-refractivity contribution < 1.29 is 36.8 Å². The number of hydrogen-bond acceptors (Lipinski definition) is 11. The van der Waals surface area contributed by atoms with Crippen LogP contribution in [0.4, 0.5) is 35.4 Å². The zero-order valence-corrected chi connectivity index (χ0v) is 24.1. The summed E-state index contributed by atoms with van der Waals surface area (Å²) < 4.78 is 52.3. The summed E-state index contributed by atoms with van der Waals surface area (Å²) in [7, 11) is -3.45. The average molecular weight is 620 g/mol. The molecule has 0 spiro atoms. The van der Waals surface area contributed by atoms with Gasteiger partial charge < -0.3 is 19.3 Å². The summed E-state index contributed by atoms with van der Waals surface area (Å²) >= 11 is 1.08. The fourth-order valence-electron chi connectivity index (χ4n) is 4.74. The van der Waals surface area contributed by atoms with Crippen LogP contribution in [0.1, 0.15) is 5.56 Å². The largest absolute Gasteiger partial charge is 0.452 e. The number of amides is 2. The van der Waals surface area contributed by atoms with E-state index in [2.05, 4.69) is 4.74 Å². The summed E-state index contributed by atoms with van der Waals surface area (Å²) in [6.45, 7) is 3.36. The number of rotatable bonds is 7. The molecule has 2 aliphatic rings. The van der Waals surface area contributed by atoms with Gasteiger partial charge in [0, 0.05) is 32.2 Å². The van der Waals surface area contributed by atoms with E-state index in [9.17, 15) is 28.1 Å². The Morgan fingerprint density at radius 1 is 1.10 bits per heavy atom. The van der Waals surface area contributed by atoms with Crippen LogP contribution in [0.3, 0.4) is 0 Å². The fraction of sp³-hybridized carbons (Fsp3) is 0.308. The fourth-order valence-corrected chi connectivity index (χ4v) is 7.01. The summed E-state index contributed by atoms with van der Waals surface area (Å²) in [5, 5.41) is 11.8. The second-order valence-corrected chi connectivity index (χ2v) is 12.4. The smallest absolute Gasteiger partial charge is 0.426 e. The lowest BCUT2D eigenvalue weighted by Crippen LogP contribution is -2.46. The van der Waals surface area contributed by atoms with Crippen molar-refractivity contribution in [2.75, 3.05) is 54.5 Å². The van der Waals surface area contributed by atoms with Crippen LogP contribution in [0, 0.1) is 22.9 Å². The van der Waals surface area contributed by atoms with Crippen molar-refractivity contribution in [1.29, 1.82) is 0 Å². The third-order valence-electron chi connectivity index (χ3n) is 6.92. The van der Waals surface area contributed by atoms with Crippen LogP contribution in [0.25, 0.3) is 0 Å². The SMILES string of the molecule is COC(=O)N([C@H]1CN(c2ccc(N3CCN(c4ccc([N+](=O)[O-])s4)CC3)c(F)c2)C(=O)O1)S(=O)(=O)c1ccc(C)cc1. The molecular weight excluding hydrogens is 593 g/mol. The highest BCUT2D eigenvalue weighted by atomic mass is 32.2. The summed E-state index contributed by atoms with van der Waals surface area (Å²) in [6.07, 6.45) is -3.76. The minimum atomic E-state index is -4.46. The second-order valence-electron chi connectivity index (χ2n) is 9.51. The number of nitrogens with zero attached hydrogens (tertiary/aromatic N) is 5. The number of sulfonamides is 1. The summed E-state index contributed by atoms with van der Waals surface area (Å²) in [5.41, 5.74) is 1.22. The molecule has 1 aromatic heterocycles. The highest BCUT2D eigenvalue weighted by molar-refractivity contribution is 7.89. The maximum atomic E-state index is 15.3. The van der Waals surface area contributed by atoms with E-state index in [4.69, 9.17) is 4.74 Å². The third-order valence-corrected chi connectivity index (χ3v) is 9.79. The van der Waals surface area contributed by atoms with Gasteiger partial charge in [0.1, 0.15) is 5.82 Å². The van der Waals surface area contributed by atoms with E-state index in [1.54, 1.807) is 25.1 Å². The summed E-state index contributed by atoms with van der Waals surface area (Å²) in [4.78, 5) is 40.6. The summed E-state index contributed by atoms with van der Waals surface area (Å²) in [6, 6.07) is 13.1. The highest BCUT2D eigenvalue weighted by Gasteiger charge is 2.45. The predicted molar refractivity (Wildman–Crippen MR) is 152 cm³/mol. The van der Waals surface area contributed by atoms with E-state index in [1.165, 1.54) is 30.3 Å². The first-order valence-corrected chi connectivity index (χ1v) is 15.0. The van der Waals surface area contributed by atoms with Gasteiger partial charge in [-0.25, -0.2) is 22.4 Å².